The fourth-order valence-corrected chi connectivity index (χ4v) is 1.98. The van der Waals surface area contributed by atoms with Gasteiger partial charge in [0.05, 0.1) is 19.8 Å². The predicted molar refractivity (Wildman–Crippen MR) is 76.0 cm³/mol. The monoisotopic (exact) mass is 275 g/mol. The van der Waals surface area contributed by atoms with E-state index in [-0.39, 0.29) is 12.4 Å². The van der Waals surface area contributed by atoms with Gasteiger partial charge in [-0.1, -0.05) is 30.3 Å². The van der Waals surface area contributed by atoms with Crippen LogP contribution in [0, 0.1) is 5.82 Å². The Hall–Kier alpha value is -1.91. The Kier molecular flexibility index (Phi) is 5.09. The summed E-state index contributed by atoms with van der Waals surface area (Å²) < 4.78 is 24.6. The van der Waals surface area contributed by atoms with Crippen molar-refractivity contribution >= 4 is 0 Å². The Morgan fingerprint density at radius 3 is 2.65 bits per heavy atom. The van der Waals surface area contributed by atoms with Crippen LogP contribution < -0.4 is 10.5 Å². The van der Waals surface area contributed by atoms with E-state index in [0.717, 1.165) is 11.3 Å². The maximum Gasteiger partial charge on any atom is 0.129 e. The van der Waals surface area contributed by atoms with Crippen molar-refractivity contribution in [3.63, 3.8) is 0 Å². The molecule has 0 bridgehead atoms. The Bertz CT molecular complexity index is 560. The lowest BCUT2D eigenvalue weighted by Gasteiger charge is -2.17. The molecule has 0 fully saturated rings. The van der Waals surface area contributed by atoms with Gasteiger partial charge in [-0.15, -0.1) is 0 Å². The molecular formula is C16H18FNO2. The molecule has 3 nitrogen and oxygen atoms in total. The molecule has 4 heteroatoms. The number of benzene rings is 2. The van der Waals surface area contributed by atoms with Crippen LogP contribution >= 0.6 is 0 Å². The highest BCUT2D eigenvalue weighted by atomic mass is 19.1. The zero-order chi connectivity index (χ0) is 14.4. The smallest absolute Gasteiger partial charge is 0.129 e. The standard InChI is InChI=1S/C16H18FNO2/c1-19-13-6-4-5-12(9-13)11-20-16(10-18)14-7-2-3-8-15(14)17/h2-9,16H,10-11,18H2,1H3. The number of ether oxygens (including phenoxy) is 2. The lowest BCUT2D eigenvalue weighted by molar-refractivity contribution is 0.0432. The predicted octanol–water partition coefficient (Wildman–Crippen LogP) is 3.05. The van der Waals surface area contributed by atoms with Crippen LogP contribution in [-0.2, 0) is 11.3 Å². The van der Waals surface area contributed by atoms with Crippen molar-refractivity contribution in [3.05, 3.63) is 65.5 Å². The van der Waals surface area contributed by atoms with Gasteiger partial charge in [-0.05, 0) is 23.8 Å². The molecule has 1 unspecified atom stereocenters. The number of rotatable bonds is 6. The maximum absolute atomic E-state index is 13.7. The summed E-state index contributed by atoms with van der Waals surface area (Å²) in [5.74, 6) is 0.467. The molecule has 0 aliphatic rings. The summed E-state index contributed by atoms with van der Waals surface area (Å²) in [7, 11) is 1.61. The maximum atomic E-state index is 13.7. The molecule has 2 aromatic rings. The topological polar surface area (TPSA) is 44.5 Å². The van der Waals surface area contributed by atoms with Gasteiger partial charge in [0.25, 0.3) is 0 Å². The van der Waals surface area contributed by atoms with Crippen LogP contribution in [0.2, 0.25) is 0 Å². The molecule has 106 valence electrons. The summed E-state index contributed by atoms with van der Waals surface area (Å²) in [4.78, 5) is 0. The molecule has 0 heterocycles. The first-order chi connectivity index (χ1) is 9.74. The van der Waals surface area contributed by atoms with Gasteiger partial charge < -0.3 is 15.2 Å². The van der Waals surface area contributed by atoms with E-state index < -0.39 is 6.10 Å². The van der Waals surface area contributed by atoms with Gasteiger partial charge in [0.15, 0.2) is 0 Å². The summed E-state index contributed by atoms with van der Waals surface area (Å²) in [6.07, 6.45) is -0.456. The molecule has 2 rings (SSSR count). The molecule has 0 saturated carbocycles. The highest BCUT2D eigenvalue weighted by molar-refractivity contribution is 5.28. The number of hydrogen-bond donors (Lipinski definition) is 1. The summed E-state index contributed by atoms with van der Waals surface area (Å²) in [5.41, 5.74) is 7.12. The number of hydrogen-bond acceptors (Lipinski definition) is 3. The van der Waals surface area contributed by atoms with Gasteiger partial charge in [-0.2, -0.15) is 0 Å². The van der Waals surface area contributed by atoms with E-state index in [4.69, 9.17) is 15.2 Å². The highest BCUT2D eigenvalue weighted by Crippen LogP contribution is 2.22. The van der Waals surface area contributed by atoms with Gasteiger partial charge in [0.2, 0.25) is 0 Å². The van der Waals surface area contributed by atoms with Crippen molar-refractivity contribution in [2.45, 2.75) is 12.7 Å². The van der Waals surface area contributed by atoms with Crippen LogP contribution in [0.3, 0.4) is 0 Å². The van der Waals surface area contributed by atoms with Crippen LogP contribution in [0.4, 0.5) is 4.39 Å². The zero-order valence-electron chi connectivity index (χ0n) is 11.4. The Labute approximate surface area is 118 Å². The van der Waals surface area contributed by atoms with Crippen molar-refractivity contribution in [1.82, 2.24) is 0 Å². The fraction of sp³-hybridized carbons (Fsp3) is 0.250. The van der Waals surface area contributed by atoms with Crippen LogP contribution in [0.5, 0.6) is 5.75 Å². The van der Waals surface area contributed by atoms with E-state index in [9.17, 15) is 4.39 Å². The van der Waals surface area contributed by atoms with E-state index >= 15 is 0 Å². The van der Waals surface area contributed by atoms with E-state index in [1.807, 2.05) is 24.3 Å². The van der Waals surface area contributed by atoms with Crippen molar-refractivity contribution in [2.24, 2.45) is 5.73 Å². The van der Waals surface area contributed by atoms with E-state index in [0.29, 0.717) is 12.2 Å². The molecule has 0 aliphatic carbocycles. The summed E-state index contributed by atoms with van der Waals surface area (Å²) in [6.45, 7) is 0.582. The fourth-order valence-electron chi connectivity index (χ4n) is 1.98. The van der Waals surface area contributed by atoms with Gasteiger partial charge in [-0.25, -0.2) is 4.39 Å². The number of nitrogens with two attached hydrogens (primary N) is 1. The average Bonchev–Trinajstić information content (AvgIpc) is 2.49. The average molecular weight is 275 g/mol. The quantitative estimate of drug-likeness (QED) is 0.881. The first-order valence-corrected chi connectivity index (χ1v) is 6.43. The van der Waals surface area contributed by atoms with Crippen molar-refractivity contribution in [1.29, 1.82) is 0 Å². The highest BCUT2D eigenvalue weighted by Gasteiger charge is 2.14. The zero-order valence-corrected chi connectivity index (χ0v) is 11.4. The van der Waals surface area contributed by atoms with E-state index in [1.165, 1.54) is 6.07 Å². The molecule has 2 aromatic carbocycles. The second-order valence-electron chi connectivity index (χ2n) is 4.41. The molecule has 0 spiro atoms. The minimum atomic E-state index is -0.456. The minimum absolute atomic E-state index is 0.227. The van der Waals surface area contributed by atoms with Gasteiger partial charge in [-0.3, -0.25) is 0 Å². The molecule has 0 aliphatic heterocycles. The van der Waals surface area contributed by atoms with Gasteiger partial charge >= 0.3 is 0 Å². The molecular weight excluding hydrogens is 257 g/mol. The first kappa shape index (κ1) is 14.5. The third-order valence-corrected chi connectivity index (χ3v) is 3.05. The molecule has 0 aromatic heterocycles. The SMILES string of the molecule is COc1cccc(COC(CN)c2ccccc2F)c1. The normalized spacial score (nSPS) is 12.2. The molecule has 20 heavy (non-hydrogen) atoms. The van der Waals surface area contributed by atoms with Crippen molar-refractivity contribution < 1.29 is 13.9 Å². The molecule has 0 amide bonds. The Balaban J connectivity index is 2.06. The lowest BCUT2D eigenvalue weighted by Crippen LogP contribution is -2.17. The largest absolute Gasteiger partial charge is 0.497 e. The number of halogens is 1. The van der Waals surface area contributed by atoms with Gasteiger partial charge in [0, 0.05) is 12.1 Å². The van der Waals surface area contributed by atoms with E-state index in [1.54, 1.807) is 25.3 Å². The third-order valence-electron chi connectivity index (χ3n) is 3.05. The van der Waals surface area contributed by atoms with Crippen molar-refractivity contribution in [3.8, 4) is 5.75 Å². The third kappa shape index (κ3) is 3.56. The molecule has 0 radical (unpaired) electrons. The van der Waals surface area contributed by atoms with Gasteiger partial charge in [0.1, 0.15) is 11.6 Å². The molecule has 2 N–H and O–H groups in total. The Morgan fingerprint density at radius 2 is 1.95 bits per heavy atom. The number of methoxy groups -OCH3 is 1. The van der Waals surface area contributed by atoms with Crippen molar-refractivity contribution in [2.75, 3.05) is 13.7 Å². The second-order valence-corrected chi connectivity index (χ2v) is 4.41. The molecule has 1 atom stereocenters. The van der Waals surface area contributed by atoms with Crippen LogP contribution in [-0.4, -0.2) is 13.7 Å². The Morgan fingerprint density at radius 1 is 1.15 bits per heavy atom. The summed E-state index contributed by atoms with van der Waals surface area (Å²) >= 11 is 0. The second kappa shape index (κ2) is 7.03. The molecule has 0 saturated heterocycles. The van der Waals surface area contributed by atoms with Crippen LogP contribution in [0.25, 0.3) is 0 Å². The lowest BCUT2D eigenvalue weighted by atomic mass is 10.1. The minimum Gasteiger partial charge on any atom is -0.497 e. The van der Waals surface area contributed by atoms with E-state index in [2.05, 4.69) is 0 Å². The summed E-state index contributed by atoms with van der Waals surface area (Å²) in [5, 5.41) is 0. The summed E-state index contributed by atoms with van der Waals surface area (Å²) in [6, 6.07) is 14.1. The van der Waals surface area contributed by atoms with Crippen LogP contribution in [0.1, 0.15) is 17.2 Å². The first-order valence-electron chi connectivity index (χ1n) is 6.43. The van der Waals surface area contributed by atoms with Crippen LogP contribution in [0.15, 0.2) is 48.5 Å².